The van der Waals surface area contributed by atoms with Gasteiger partial charge in [-0.05, 0) is 4.85 Å². The van der Waals surface area contributed by atoms with Gasteiger partial charge in [0.05, 0.1) is 13.3 Å². The highest BCUT2D eigenvalue weighted by molar-refractivity contribution is 5.90. The zero-order valence-corrected chi connectivity index (χ0v) is 6.87. The molecule has 4 nitrogen and oxygen atoms in total. The fourth-order valence-corrected chi connectivity index (χ4v) is 0.488. The maximum atomic E-state index is 10.8. The topological polar surface area (TPSA) is 33.9 Å². The van der Waals surface area contributed by atoms with Crippen molar-refractivity contribution in [3.8, 4) is 6.57 Å². The molecule has 0 heterocycles. The molecular weight excluding hydrogens is 144 g/mol. The zero-order valence-electron chi connectivity index (χ0n) is 6.87. The molecule has 0 fully saturated rings. The first-order valence-electron chi connectivity index (χ1n) is 2.99. The first-order valence-corrected chi connectivity index (χ1v) is 2.99. The van der Waals surface area contributed by atoms with E-state index in [9.17, 15) is 4.79 Å². The SMILES string of the molecule is C#[N+]C(=CN(C)C)C(=O)OC. The van der Waals surface area contributed by atoms with Crippen LogP contribution in [0.25, 0.3) is 4.85 Å². The molecule has 0 amide bonds. The minimum atomic E-state index is -0.541. The lowest BCUT2D eigenvalue weighted by Crippen LogP contribution is -2.08. The summed E-state index contributed by atoms with van der Waals surface area (Å²) in [6.07, 6.45) is 1.48. The molecule has 0 spiro atoms. The van der Waals surface area contributed by atoms with Crippen molar-refractivity contribution in [2.45, 2.75) is 0 Å². The number of esters is 1. The Balaban J connectivity index is 4.43. The average molecular weight is 155 g/mol. The summed E-state index contributed by atoms with van der Waals surface area (Å²) < 4.78 is 4.40. The van der Waals surface area contributed by atoms with Crippen LogP contribution in [0.2, 0.25) is 0 Å². The Morgan fingerprint density at radius 3 is 2.45 bits per heavy atom. The van der Waals surface area contributed by atoms with E-state index in [1.807, 2.05) is 0 Å². The summed E-state index contributed by atoms with van der Waals surface area (Å²) >= 11 is 0. The van der Waals surface area contributed by atoms with Crippen molar-refractivity contribution in [2.24, 2.45) is 0 Å². The summed E-state index contributed by atoms with van der Waals surface area (Å²) in [6.45, 7) is 4.93. The van der Waals surface area contributed by atoms with Gasteiger partial charge in [0.15, 0.2) is 0 Å². The number of rotatable bonds is 2. The van der Waals surface area contributed by atoms with Crippen molar-refractivity contribution < 1.29 is 9.53 Å². The first kappa shape index (κ1) is 9.50. The van der Waals surface area contributed by atoms with E-state index in [4.69, 9.17) is 6.57 Å². The van der Waals surface area contributed by atoms with Crippen molar-refractivity contribution in [3.63, 3.8) is 0 Å². The molecule has 0 unspecified atom stereocenters. The van der Waals surface area contributed by atoms with Gasteiger partial charge in [0.1, 0.15) is 0 Å². The van der Waals surface area contributed by atoms with Gasteiger partial charge in [0, 0.05) is 14.1 Å². The summed E-state index contributed by atoms with van der Waals surface area (Å²) in [7, 11) is 4.79. The first-order chi connectivity index (χ1) is 5.11. The van der Waals surface area contributed by atoms with Crippen LogP contribution in [-0.4, -0.2) is 32.1 Å². The van der Waals surface area contributed by atoms with Gasteiger partial charge in [-0.1, -0.05) is 0 Å². The van der Waals surface area contributed by atoms with E-state index < -0.39 is 5.97 Å². The number of nitrogens with zero attached hydrogens (tertiary/aromatic N) is 2. The molecule has 4 heteroatoms. The Labute approximate surface area is 65.9 Å². The zero-order chi connectivity index (χ0) is 8.85. The second-order valence-corrected chi connectivity index (χ2v) is 2.10. The molecule has 60 valence electrons. The van der Waals surface area contributed by atoms with Crippen molar-refractivity contribution in [3.05, 3.63) is 16.7 Å². The average Bonchev–Trinajstić information content (AvgIpc) is 1.98. The molecule has 0 aromatic heterocycles. The van der Waals surface area contributed by atoms with Gasteiger partial charge in [-0.25, -0.2) is 4.79 Å². The molecular formula is C7H11N2O2+. The van der Waals surface area contributed by atoms with Crippen molar-refractivity contribution in [1.29, 1.82) is 0 Å². The molecule has 0 N–H and O–H groups in total. The van der Waals surface area contributed by atoms with E-state index in [-0.39, 0.29) is 5.70 Å². The van der Waals surface area contributed by atoms with Crippen molar-refractivity contribution >= 4 is 5.97 Å². The van der Waals surface area contributed by atoms with E-state index >= 15 is 0 Å². The van der Waals surface area contributed by atoms with Crippen LogP contribution in [-0.2, 0) is 9.53 Å². The Morgan fingerprint density at radius 1 is 1.64 bits per heavy atom. The smallest absolute Gasteiger partial charge is 0.439 e. The van der Waals surface area contributed by atoms with Crippen LogP contribution in [0.1, 0.15) is 0 Å². The Bertz CT molecular complexity index is 213. The molecule has 0 aliphatic heterocycles. The normalized spacial score (nSPS) is 10.2. The van der Waals surface area contributed by atoms with Gasteiger partial charge in [-0.2, -0.15) is 0 Å². The van der Waals surface area contributed by atoms with Crippen LogP contribution in [0.3, 0.4) is 0 Å². The highest BCUT2D eigenvalue weighted by atomic mass is 16.5. The fourth-order valence-electron chi connectivity index (χ4n) is 0.488. The number of carbonyl (C=O) groups excluding carboxylic acids is 1. The number of hydrogen-bond acceptors (Lipinski definition) is 3. The third kappa shape index (κ3) is 3.26. The predicted octanol–water partition coefficient (Wildman–Crippen LogP) is 0.525. The highest BCUT2D eigenvalue weighted by Gasteiger charge is 2.19. The molecule has 0 aromatic rings. The molecule has 11 heavy (non-hydrogen) atoms. The lowest BCUT2D eigenvalue weighted by Gasteiger charge is -1.99. The summed E-state index contributed by atoms with van der Waals surface area (Å²) in [4.78, 5) is 15.7. The van der Waals surface area contributed by atoms with Crippen LogP contribution < -0.4 is 0 Å². The maximum absolute atomic E-state index is 10.8. The van der Waals surface area contributed by atoms with Crippen LogP contribution in [0.4, 0.5) is 0 Å². The molecule has 0 saturated carbocycles. The summed E-state index contributed by atoms with van der Waals surface area (Å²) in [6, 6.07) is 0. The molecule has 0 bridgehead atoms. The molecule has 0 atom stereocenters. The van der Waals surface area contributed by atoms with Gasteiger partial charge in [-0.15, -0.1) is 0 Å². The van der Waals surface area contributed by atoms with E-state index in [2.05, 4.69) is 9.58 Å². The monoisotopic (exact) mass is 155 g/mol. The number of ether oxygens (including phenoxy) is 1. The standard InChI is InChI=1S/C7H11N2O2/c1-8-6(5-9(2)3)7(10)11-4/h1,5H,2-4H3/q+1. The van der Waals surface area contributed by atoms with E-state index in [1.165, 1.54) is 13.3 Å². The van der Waals surface area contributed by atoms with Crippen molar-refractivity contribution in [2.75, 3.05) is 21.2 Å². The van der Waals surface area contributed by atoms with Gasteiger partial charge >= 0.3 is 11.7 Å². The summed E-state index contributed by atoms with van der Waals surface area (Å²) in [5.74, 6) is -0.541. The molecule has 0 aliphatic rings. The van der Waals surface area contributed by atoms with E-state index in [0.29, 0.717) is 0 Å². The Hall–Kier alpha value is -1.50. The second kappa shape index (κ2) is 4.34. The molecule has 0 rings (SSSR count). The molecule has 0 saturated heterocycles. The Morgan fingerprint density at radius 2 is 2.18 bits per heavy atom. The highest BCUT2D eigenvalue weighted by Crippen LogP contribution is 1.99. The molecule has 0 aromatic carbocycles. The van der Waals surface area contributed by atoms with E-state index in [1.54, 1.807) is 19.0 Å². The third-order valence-corrected chi connectivity index (χ3v) is 0.914. The van der Waals surface area contributed by atoms with E-state index in [0.717, 1.165) is 0 Å². The van der Waals surface area contributed by atoms with Crippen LogP contribution in [0.15, 0.2) is 11.9 Å². The number of hydrogen-bond donors (Lipinski definition) is 0. The Kier molecular flexibility index (Phi) is 3.75. The lowest BCUT2D eigenvalue weighted by molar-refractivity contribution is -0.135. The minimum Gasteiger partial charge on any atom is -0.460 e. The fraction of sp³-hybridized carbons (Fsp3) is 0.429. The molecule has 0 aliphatic carbocycles. The number of carbonyl (C=O) groups is 1. The van der Waals surface area contributed by atoms with Crippen LogP contribution in [0.5, 0.6) is 0 Å². The van der Waals surface area contributed by atoms with Crippen LogP contribution in [0, 0.1) is 6.57 Å². The lowest BCUT2D eigenvalue weighted by atomic mass is 10.5. The minimum absolute atomic E-state index is 0.0949. The summed E-state index contributed by atoms with van der Waals surface area (Å²) in [5.41, 5.74) is 0.0949. The van der Waals surface area contributed by atoms with Crippen LogP contribution >= 0.6 is 0 Å². The maximum Gasteiger partial charge on any atom is 0.439 e. The number of methoxy groups -OCH3 is 1. The van der Waals surface area contributed by atoms with Gasteiger partial charge in [-0.3, -0.25) is 0 Å². The quantitative estimate of drug-likeness (QED) is 0.430. The molecule has 0 radical (unpaired) electrons. The summed E-state index contributed by atoms with van der Waals surface area (Å²) in [5, 5.41) is 0. The van der Waals surface area contributed by atoms with Gasteiger partial charge in [0.2, 0.25) is 0 Å². The predicted molar refractivity (Wildman–Crippen MR) is 42.1 cm³/mol. The van der Waals surface area contributed by atoms with Gasteiger partial charge in [0.25, 0.3) is 6.57 Å². The second-order valence-electron chi connectivity index (χ2n) is 2.10. The van der Waals surface area contributed by atoms with Crippen molar-refractivity contribution in [1.82, 2.24) is 4.90 Å². The largest absolute Gasteiger partial charge is 0.460 e. The van der Waals surface area contributed by atoms with Gasteiger partial charge < -0.3 is 9.64 Å². The third-order valence-electron chi connectivity index (χ3n) is 0.914.